The van der Waals surface area contributed by atoms with Gasteiger partial charge >= 0.3 is 0 Å². The SMILES string of the molecule is NCCC1CCc2nc(C3CC3)ncc21. The van der Waals surface area contributed by atoms with Crippen molar-refractivity contribution in [1.82, 2.24) is 9.97 Å². The average molecular weight is 203 g/mol. The van der Waals surface area contributed by atoms with E-state index in [1.54, 1.807) is 0 Å². The van der Waals surface area contributed by atoms with E-state index in [9.17, 15) is 0 Å². The van der Waals surface area contributed by atoms with E-state index in [2.05, 4.69) is 11.2 Å². The molecule has 1 fully saturated rings. The van der Waals surface area contributed by atoms with E-state index in [-0.39, 0.29) is 0 Å². The summed E-state index contributed by atoms with van der Waals surface area (Å²) in [5.41, 5.74) is 8.28. The first-order valence-electron chi connectivity index (χ1n) is 5.94. The number of nitrogens with zero attached hydrogens (tertiary/aromatic N) is 2. The van der Waals surface area contributed by atoms with E-state index in [1.807, 2.05) is 0 Å². The van der Waals surface area contributed by atoms with Crippen LogP contribution in [0.15, 0.2) is 6.20 Å². The molecule has 1 atom stereocenters. The normalized spacial score (nSPS) is 24.2. The lowest BCUT2D eigenvalue weighted by Gasteiger charge is -2.08. The topological polar surface area (TPSA) is 51.8 Å². The molecule has 0 bridgehead atoms. The van der Waals surface area contributed by atoms with E-state index in [4.69, 9.17) is 10.7 Å². The number of hydrogen-bond donors (Lipinski definition) is 1. The van der Waals surface area contributed by atoms with E-state index < -0.39 is 0 Å². The minimum atomic E-state index is 0.623. The average Bonchev–Trinajstić information content (AvgIpc) is 3.03. The highest BCUT2D eigenvalue weighted by molar-refractivity contribution is 5.28. The fourth-order valence-corrected chi connectivity index (χ4v) is 2.49. The Morgan fingerprint density at radius 1 is 1.33 bits per heavy atom. The van der Waals surface area contributed by atoms with E-state index in [0.29, 0.717) is 11.8 Å². The number of aromatic nitrogens is 2. The van der Waals surface area contributed by atoms with Crippen molar-refractivity contribution in [2.24, 2.45) is 5.73 Å². The van der Waals surface area contributed by atoms with Crippen LogP contribution in [0.25, 0.3) is 0 Å². The lowest BCUT2D eigenvalue weighted by atomic mass is 10.0. The molecule has 2 N–H and O–H groups in total. The second-order valence-electron chi connectivity index (χ2n) is 4.72. The number of fused-ring (bicyclic) bond motifs is 1. The summed E-state index contributed by atoms with van der Waals surface area (Å²) < 4.78 is 0. The Hall–Kier alpha value is -0.960. The molecule has 0 spiro atoms. The monoisotopic (exact) mass is 203 g/mol. The summed E-state index contributed by atoms with van der Waals surface area (Å²) in [6.45, 7) is 0.772. The largest absolute Gasteiger partial charge is 0.330 e. The highest BCUT2D eigenvalue weighted by atomic mass is 14.9. The molecule has 2 aliphatic rings. The molecule has 1 aromatic heterocycles. The molecule has 0 aromatic carbocycles. The van der Waals surface area contributed by atoms with Gasteiger partial charge < -0.3 is 5.73 Å². The molecule has 15 heavy (non-hydrogen) atoms. The van der Waals surface area contributed by atoms with Crippen molar-refractivity contribution >= 4 is 0 Å². The lowest BCUT2D eigenvalue weighted by Crippen LogP contribution is -2.06. The second kappa shape index (κ2) is 3.56. The molecule has 2 aliphatic carbocycles. The number of rotatable bonds is 3. The van der Waals surface area contributed by atoms with Crippen LogP contribution in [-0.4, -0.2) is 16.5 Å². The first-order chi connectivity index (χ1) is 7.38. The molecule has 1 aromatic rings. The molecular formula is C12H17N3. The molecule has 0 radical (unpaired) electrons. The Kier molecular flexibility index (Phi) is 2.20. The van der Waals surface area contributed by atoms with Crippen LogP contribution in [0.5, 0.6) is 0 Å². The third kappa shape index (κ3) is 1.65. The molecular weight excluding hydrogens is 186 g/mol. The van der Waals surface area contributed by atoms with Gasteiger partial charge in [-0.05, 0) is 50.1 Å². The Labute approximate surface area is 90.1 Å². The first-order valence-corrected chi connectivity index (χ1v) is 5.94. The molecule has 0 saturated heterocycles. The predicted molar refractivity (Wildman–Crippen MR) is 58.7 cm³/mol. The summed E-state index contributed by atoms with van der Waals surface area (Å²) in [4.78, 5) is 9.19. The fourth-order valence-electron chi connectivity index (χ4n) is 2.49. The van der Waals surface area contributed by atoms with Gasteiger partial charge in [0.05, 0.1) is 0 Å². The number of hydrogen-bond acceptors (Lipinski definition) is 3. The smallest absolute Gasteiger partial charge is 0.131 e. The van der Waals surface area contributed by atoms with Gasteiger partial charge in [0.2, 0.25) is 0 Å². The van der Waals surface area contributed by atoms with Crippen LogP contribution in [0.3, 0.4) is 0 Å². The third-order valence-corrected chi connectivity index (χ3v) is 3.55. The number of aryl methyl sites for hydroxylation is 1. The van der Waals surface area contributed by atoms with Gasteiger partial charge in [-0.2, -0.15) is 0 Å². The standard InChI is InChI=1S/C12H17N3/c13-6-5-8-3-4-11-10(8)7-14-12(15-11)9-1-2-9/h7-9H,1-6,13H2. The molecule has 1 heterocycles. The van der Waals surface area contributed by atoms with E-state index in [1.165, 1.54) is 30.5 Å². The van der Waals surface area contributed by atoms with Gasteiger partial charge in [-0.25, -0.2) is 9.97 Å². The Morgan fingerprint density at radius 3 is 2.93 bits per heavy atom. The molecule has 1 saturated carbocycles. The van der Waals surface area contributed by atoms with Crippen molar-refractivity contribution in [3.8, 4) is 0 Å². The van der Waals surface area contributed by atoms with Crippen LogP contribution >= 0.6 is 0 Å². The quantitative estimate of drug-likeness (QED) is 0.814. The predicted octanol–water partition coefficient (Wildman–Crippen LogP) is 1.73. The zero-order valence-corrected chi connectivity index (χ0v) is 8.95. The Balaban J connectivity index is 1.87. The van der Waals surface area contributed by atoms with Crippen LogP contribution < -0.4 is 5.73 Å². The summed E-state index contributed by atoms with van der Waals surface area (Å²) in [6, 6.07) is 0. The fraction of sp³-hybridized carbons (Fsp3) is 0.667. The molecule has 3 heteroatoms. The van der Waals surface area contributed by atoms with Crippen molar-refractivity contribution < 1.29 is 0 Å². The van der Waals surface area contributed by atoms with Crippen molar-refractivity contribution in [3.05, 3.63) is 23.3 Å². The Morgan fingerprint density at radius 2 is 2.20 bits per heavy atom. The first kappa shape index (κ1) is 9.28. The van der Waals surface area contributed by atoms with E-state index in [0.717, 1.165) is 25.2 Å². The van der Waals surface area contributed by atoms with Crippen LogP contribution in [0.2, 0.25) is 0 Å². The van der Waals surface area contributed by atoms with E-state index >= 15 is 0 Å². The van der Waals surface area contributed by atoms with Crippen molar-refractivity contribution in [1.29, 1.82) is 0 Å². The zero-order chi connectivity index (χ0) is 10.3. The minimum absolute atomic E-state index is 0.623. The van der Waals surface area contributed by atoms with Gasteiger partial charge in [0.15, 0.2) is 0 Å². The van der Waals surface area contributed by atoms with Gasteiger partial charge in [0.1, 0.15) is 5.82 Å². The van der Waals surface area contributed by atoms with Crippen LogP contribution in [-0.2, 0) is 6.42 Å². The second-order valence-corrected chi connectivity index (χ2v) is 4.72. The zero-order valence-electron chi connectivity index (χ0n) is 8.95. The summed E-state index contributed by atoms with van der Waals surface area (Å²) in [5.74, 6) is 2.38. The van der Waals surface area contributed by atoms with Crippen molar-refractivity contribution in [2.45, 2.75) is 43.9 Å². The van der Waals surface area contributed by atoms with Gasteiger partial charge in [0.25, 0.3) is 0 Å². The molecule has 3 nitrogen and oxygen atoms in total. The number of nitrogens with two attached hydrogens (primary N) is 1. The Bertz CT molecular complexity index is 371. The van der Waals surface area contributed by atoms with Gasteiger partial charge in [-0.1, -0.05) is 0 Å². The van der Waals surface area contributed by atoms with Gasteiger partial charge in [-0.15, -0.1) is 0 Å². The van der Waals surface area contributed by atoms with Crippen molar-refractivity contribution in [3.63, 3.8) is 0 Å². The lowest BCUT2D eigenvalue weighted by molar-refractivity contribution is 0.626. The summed E-state index contributed by atoms with van der Waals surface area (Å²) in [5, 5.41) is 0. The molecule has 80 valence electrons. The maximum atomic E-state index is 5.61. The van der Waals surface area contributed by atoms with Crippen LogP contribution in [0, 0.1) is 0 Å². The maximum Gasteiger partial charge on any atom is 0.131 e. The molecule has 1 unspecified atom stereocenters. The summed E-state index contributed by atoms with van der Waals surface area (Å²) >= 11 is 0. The highest BCUT2D eigenvalue weighted by Gasteiger charge is 2.29. The minimum Gasteiger partial charge on any atom is -0.330 e. The summed E-state index contributed by atoms with van der Waals surface area (Å²) in [6.07, 6.45) is 8.05. The van der Waals surface area contributed by atoms with Crippen LogP contribution in [0.4, 0.5) is 0 Å². The van der Waals surface area contributed by atoms with Crippen molar-refractivity contribution in [2.75, 3.05) is 6.54 Å². The molecule has 0 aliphatic heterocycles. The maximum absolute atomic E-state index is 5.61. The third-order valence-electron chi connectivity index (χ3n) is 3.55. The van der Waals surface area contributed by atoms with Crippen LogP contribution in [0.1, 0.15) is 54.6 Å². The molecule has 0 amide bonds. The van der Waals surface area contributed by atoms with Gasteiger partial charge in [0, 0.05) is 17.8 Å². The summed E-state index contributed by atoms with van der Waals surface area (Å²) in [7, 11) is 0. The highest BCUT2D eigenvalue weighted by Crippen LogP contribution is 2.40. The van der Waals surface area contributed by atoms with Gasteiger partial charge in [-0.3, -0.25) is 0 Å². The molecule has 3 rings (SSSR count).